The van der Waals surface area contributed by atoms with E-state index in [4.69, 9.17) is 4.98 Å². The van der Waals surface area contributed by atoms with Crippen molar-refractivity contribution in [3.05, 3.63) is 82.3 Å². The number of para-hydroxylation sites is 1. The van der Waals surface area contributed by atoms with E-state index in [1.807, 2.05) is 44.2 Å². The molecule has 0 unspecified atom stereocenters. The number of carbonyl (C=O) groups excluding carboxylic acids is 1. The summed E-state index contributed by atoms with van der Waals surface area (Å²) in [6.45, 7) is 6.12. The lowest BCUT2D eigenvalue weighted by Crippen LogP contribution is -2.24. The minimum atomic E-state index is -0.204. The molecule has 8 heteroatoms. The number of aromatic nitrogens is 3. The van der Waals surface area contributed by atoms with Gasteiger partial charge in [0.05, 0.1) is 16.7 Å². The number of carbonyl (C=O) groups is 1. The molecule has 4 aromatic rings. The van der Waals surface area contributed by atoms with Crippen LogP contribution in [-0.2, 0) is 4.79 Å². The first-order chi connectivity index (χ1) is 17.0. The van der Waals surface area contributed by atoms with E-state index in [0.29, 0.717) is 21.9 Å². The average Bonchev–Trinajstić information content (AvgIpc) is 3.39. The molecule has 0 saturated carbocycles. The van der Waals surface area contributed by atoms with Crippen LogP contribution in [0.25, 0.3) is 16.7 Å². The summed E-state index contributed by atoms with van der Waals surface area (Å²) in [5.74, 6) is 0.451. The Morgan fingerprint density at radius 2 is 1.86 bits per heavy atom. The second-order valence-corrected chi connectivity index (χ2v) is 9.72. The smallest absolute Gasteiger partial charge is 0.267 e. The molecule has 1 N–H and O–H groups in total. The standard InChI is InChI=1S/C27H27N5O2S/c1-18-11-12-28-24(15-18)32-26(34)21-7-3-4-8-23(21)30-27(32)35-17-25(33)29-22-10-9-20(16-19(22)2)31-13-5-6-14-31/h3-4,7-12,15-16H,5-6,13-14,17H2,1-2H3,(H,29,33). The summed E-state index contributed by atoms with van der Waals surface area (Å²) in [5, 5.41) is 3.96. The number of hydrogen-bond acceptors (Lipinski definition) is 6. The number of nitrogens with zero attached hydrogens (tertiary/aromatic N) is 4. The lowest BCUT2D eigenvalue weighted by atomic mass is 10.1. The van der Waals surface area contributed by atoms with Crippen molar-refractivity contribution in [3.63, 3.8) is 0 Å². The topological polar surface area (TPSA) is 80.1 Å². The van der Waals surface area contributed by atoms with E-state index < -0.39 is 0 Å². The molecule has 0 spiro atoms. The molecule has 7 nitrogen and oxygen atoms in total. The molecule has 2 aromatic heterocycles. The molecule has 0 bridgehead atoms. The first kappa shape index (κ1) is 23.1. The molecule has 1 fully saturated rings. The molecule has 35 heavy (non-hydrogen) atoms. The Hall–Kier alpha value is -3.65. The Kier molecular flexibility index (Phi) is 6.55. The Bertz CT molecular complexity index is 1460. The lowest BCUT2D eigenvalue weighted by Gasteiger charge is -2.19. The summed E-state index contributed by atoms with van der Waals surface area (Å²) in [4.78, 5) is 37.7. The van der Waals surface area contributed by atoms with Crippen LogP contribution >= 0.6 is 11.8 Å². The normalized spacial score (nSPS) is 13.4. The van der Waals surface area contributed by atoms with Gasteiger partial charge >= 0.3 is 0 Å². The highest BCUT2D eigenvalue weighted by atomic mass is 32.2. The van der Waals surface area contributed by atoms with Gasteiger partial charge < -0.3 is 10.2 Å². The van der Waals surface area contributed by atoms with Gasteiger partial charge in [0.1, 0.15) is 5.82 Å². The van der Waals surface area contributed by atoms with E-state index >= 15 is 0 Å². The van der Waals surface area contributed by atoms with Crippen LogP contribution in [0.3, 0.4) is 0 Å². The number of hydrogen-bond donors (Lipinski definition) is 1. The van der Waals surface area contributed by atoms with Gasteiger partial charge in [-0.2, -0.15) is 0 Å². The van der Waals surface area contributed by atoms with Crippen LogP contribution in [0, 0.1) is 13.8 Å². The van der Waals surface area contributed by atoms with Gasteiger partial charge in [-0.1, -0.05) is 23.9 Å². The second kappa shape index (κ2) is 9.92. The summed E-state index contributed by atoms with van der Waals surface area (Å²) in [6.07, 6.45) is 4.11. The summed E-state index contributed by atoms with van der Waals surface area (Å²) >= 11 is 1.23. The van der Waals surface area contributed by atoms with E-state index in [2.05, 4.69) is 27.3 Å². The van der Waals surface area contributed by atoms with E-state index in [-0.39, 0.29) is 17.2 Å². The number of amides is 1. The van der Waals surface area contributed by atoms with Gasteiger partial charge in [-0.05, 0) is 80.3 Å². The summed E-state index contributed by atoms with van der Waals surface area (Å²) in [5.41, 5.74) is 4.39. The summed E-state index contributed by atoms with van der Waals surface area (Å²) in [7, 11) is 0. The Morgan fingerprint density at radius 3 is 2.63 bits per heavy atom. The quantitative estimate of drug-likeness (QED) is 0.314. The molecule has 2 aromatic carbocycles. The van der Waals surface area contributed by atoms with E-state index in [9.17, 15) is 9.59 Å². The zero-order chi connectivity index (χ0) is 24.4. The first-order valence-corrected chi connectivity index (χ1v) is 12.7. The fraction of sp³-hybridized carbons (Fsp3) is 0.259. The number of pyridine rings is 1. The third-order valence-electron chi connectivity index (χ3n) is 6.16. The van der Waals surface area contributed by atoms with Gasteiger partial charge in [-0.3, -0.25) is 9.59 Å². The van der Waals surface area contributed by atoms with Crippen LogP contribution in [0.2, 0.25) is 0 Å². The van der Waals surface area contributed by atoms with E-state index in [1.165, 1.54) is 34.9 Å². The van der Waals surface area contributed by atoms with Gasteiger partial charge in [0.2, 0.25) is 5.91 Å². The number of aryl methyl sites for hydroxylation is 2. The van der Waals surface area contributed by atoms with Crippen molar-refractivity contribution in [2.45, 2.75) is 31.8 Å². The van der Waals surface area contributed by atoms with Gasteiger partial charge in [0, 0.05) is 30.7 Å². The zero-order valence-corrected chi connectivity index (χ0v) is 20.6. The average molecular weight is 486 g/mol. The number of anilines is 2. The highest BCUT2D eigenvalue weighted by molar-refractivity contribution is 7.99. The van der Waals surface area contributed by atoms with Crippen LogP contribution in [0.1, 0.15) is 24.0 Å². The fourth-order valence-electron chi connectivity index (χ4n) is 4.33. The van der Waals surface area contributed by atoms with Gasteiger partial charge in [-0.15, -0.1) is 0 Å². The third-order valence-corrected chi connectivity index (χ3v) is 7.10. The number of fused-ring (bicyclic) bond motifs is 1. The molecular formula is C27H27N5O2S. The maximum Gasteiger partial charge on any atom is 0.267 e. The molecule has 3 heterocycles. The monoisotopic (exact) mass is 485 g/mol. The molecule has 1 aliphatic rings. The van der Waals surface area contributed by atoms with Crippen LogP contribution in [0.15, 0.2) is 70.7 Å². The fourth-order valence-corrected chi connectivity index (χ4v) is 5.13. The third kappa shape index (κ3) is 4.93. The number of nitrogens with one attached hydrogen (secondary N) is 1. The van der Waals surface area contributed by atoms with Crippen molar-refractivity contribution < 1.29 is 4.79 Å². The Labute approximate surface area is 208 Å². The highest BCUT2D eigenvalue weighted by Gasteiger charge is 2.17. The number of rotatable bonds is 6. The molecular weight excluding hydrogens is 458 g/mol. The predicted octanol–water partition coefficient (Wildman–Crippen LogP) is 4.73. The van der Waals surface area contributed by atoms with Crippen molar-refractivity contribution in [2.75, 3.05) is 29.1 Å². The van der Waals surface area contributed by atoms with Crippen molar-refractivity contribution in [3.8, 4) is 5.82 Å². The molecule has 1 aliphatic heterocycles. The van der Waals surface area contributed by atoms with Crippen LogP contribution in [0.5, 0.6) is 0 Å². The summed E-state index contributed by atoms with van der Waals surface area (Å²) < 4.78 is 1.49. The highest BCUT2D eigenvalue weighted by Crippen LogP contribution is 2.26. The maximum absolute atomic E-state index is 13.3. The molecule has 0 radical (unpaired) electrons. The van der Waals surface area contributed by atoms with E-state index in [1.54, 1.807) is 18.3 Å². The van der Waals surface area contributed by atoms with Gasteiger partial charge in [0.25, 0.3) is 5.56 Å². The van der Waals surface area contributed by atoms with Crippen LogP contribution in [0.4, 0.5) is 11.4 Å². The number of thioether (sulfide) groups is 1. The second-order valence-electron chi connectivity index (χ2n) is 8.77. The van der Waals surface area contributed by atoms with Crippen molar-refractivity contribution in [1.29, 1.82) is 0 Å². The molecule has 0 atom stereocenters. The molecule has 0 aliphatic carbocycles. The summed E-state index contributed by atoms with van der Waals surface area (Å²) in [6, 6.07) is 17.1. The zero-order valence-electron chi connectivity index (χ0n) is 19.8. The lowest BCUT2D eigenvalue weighted by molar-refractivity contribution is -0.113. The molecule has 1 amide bonds. The first-order valence-electron chi connectivity index (χ1n) is 11.7. The van der Waals surface area contributed by atoms with Crippen molar-refractivity contribution in [2.24, 2.45) is 0 Å². The predicted molar refractivity (Wildman–Crippen MR) is 142 cm³/mol. The number of benzene rings is 2. The van der Waals surface area contributed by atoms with Gasteiger partial charge in [0.15, 0.2) is 5.16 Å². The van der Waals surface area contributed by atoms with E-state index in [0.717, 1.165) is 29.9 Å². The molecule has 1 saturated heterocycles. The van der Waals surface area contributed by atoms with Gasteiger partial charge in [-0.25, -0.2) is 14.5 Å². The molecule has 5 rings (SSSR count). The molecule has 178 valence electrons. The minimum absolute atomic E-state index is 0.115. The Morgan fingerprint density at radius 1 is 1.06 bits per heavy atom. The maximum atomic E-state index is 13.3. The van der Waals surface area contributed by atoms with Crippen molar-refractivity contribution >= 4 is 39.9 Å². The SMILES string of the molecule is Cc1ccnc(-n2c(SCC(=O)Nc3ccc(N4CCCC4)cc3C)nc3ccccc3c2=O)c1. The largest absolute Gasteiger partial charge is 0.372 e. The minimum Gasteiger partial charge on any atom is -0.372 e. The Balaban J connectivity index is 1.38. The van der Waals surface area contributed by atoms with Crippen LogP contribution < -0.4 is 15.8 Å². The van der Waals surface area contributed by atoms with Crippen LogP contribution in [-0.4, -0.2) is 39.3 Å². The van der Waals surface area contributed by atoms with Crippen molar-refractivity contribution in [1.82, 2.24) is 14.5 Å².